The first-order chi connectivity index (χ1) is 15.7. The van der Waals surface area contributed by atoms with Crippen molar-refractivity contribution in [2.45, 2.75) is 31.8 Å². The van der Waals surface area contributed by atoms with E-state index in [4.69, 9.17) is 9.72 Å². The monoisotopic (exact) mass is 428 g/mol. The van der Waals surface area contributed by atoms with Gasteiger partial charge in [-0.05, 0) is 42.2 Å². The van der Waals surface area contributed by atoms with Crippen molar-refractivity contribution in [3.63, 3.8) is 0 Å². The summed E-state index contributed by atoms with van der Waals surface area (Å²) in [7, 11) is 0. The lowest BCUT2D eigenvalue weighted by molar-refractivity contribution is 0.0952. The maximum absolute atomic E-state index is 12.9. The fourth-order valence-electron chi connectivity index (χ4n) is 4.73. The van der Waals surface area contributed by atoms with E-state index in [1.165, 1.54) is 11.1 Å². The first kappa shape index (κ1) is 19.6. The minimum atomic E-state index is 0.0200. The number of carbonyl (C=O) groups excluding carboxylic acids is 1. The number of rotatable bonds is 5. The number of piperazine rings is 1. The number of benzene rings is 2. The fraction of sp³-hybridized carbons (Fsp3) is 0.385. The molecule has 2 aliphatic heterocycles. The smallest absolute Gasteiger partial charge is 0.252 e. The number of carbonyl (C=O) groups is 1. The predicted molar refractivity (Wildman–Crippen MR) is 125 cm³/mol. The van der Waals surface area contributed by atoms with Crippen molar-refractivity contribution >= 4 is 22.6 Å². The second kappa shape index (κ2) is 8.10. The van der Waals surface area contributed by atoms with E-state index in [2.05, 4.69) is 33.3 Å². The maximum Gasteiger partial charge on any atom is 0.252 e. The van der Waals surface area contributed by atoms with Gasteiger partial charge < -0.3 is 15.0 Å². The lowest BCUT2D eigenvalue weighted by Gasteiger charge is -2.35. The van der Waals surface area contributed by atoms with Crippen LogP contribution in [0.25, 0.3) is 10.9 Å². The zero-order valence-corrected chi connectivity index (χ0v) is 18.2. The van der Waals surface area contributed by atoms with Gasteiger partial charge in [0.1, 0.15) is 11.6 Å². The first-order valence-electron chi connectivity index (χ1n) is 11.7. The Bertz CT molecular complexity index is 1170. The Morgan fingerprint density at radius 3 is 2.75 bits per heavy atom. The van der Waals surface area contributed by atoms with Crippen molar-refractivity contribution < 1.29 is 9.53 Å². The van der Waals surface area contributed by atoms with Crippen LogP contribution in [0.15, 0.2) is 48.5 Å². The van der Waals surface area contributed by atoms with Crippen LogP contribution in [-0.2, 0) is 13.0 Å². The Balaban J connectivity index is 1.17. The topological polar surface area (TPSA) is 57.7 Å². The van der Waals surface area contributed by atoms with Crippen LogP contribution in [0.4, 0.5) is 5.82 Å². The molecule has 1 saturated heterocycles. The molecule has 1 N–H and O–H groups in total. The number of nitrogens with zero attached hydrogens (tertiary/aromatic N) is 3. The molecule has 0 radical (unpaired) electrons. The average molecular weight is 429 g/mol. The van der Waals surface area contributed by atoms with Crippen LogP contribution >= 0.6 is 0 Å². The molecule has 2 fully saturated rings. The maximum atomic E-state index is 12.9. The molecule has 3 aromatic rings. The van der Waals surface area contributed by atoms with E-state index in [0.717, 1.165) is 86.6 Å². The molecule has 1 amide bonds. The van der Waals surface area contributed by atoms with Crippen LogP contribution in [0, 0.1) is 0 Å². The van der Waals surface area contributed by atoms with E-state index >= 15 is 0 Å². The van der Waals surface area contributed by atoms with E-state index in [9.17, 15) is 4.79 Å². The third-order valence-electron chi connectivity index (χ3n) is 6.72. The molecule has 0 unspecified atom stereocenters. The number of anilines is 1. The summed E-state index contributed by atoms with van der Waals surface area (Å²) < 4.78 is 5.63. The Kier molecular flexibility index (Phi) is 4.95. The summed E-state index contributed by atoms with van der Waals surface area (Å²) in [5, 5.41) is 4.07. The highest BCUT2D eigenvalue weighted by atomic mass is 16.5. The summed E-state index contributed by atoms with van der Waals surface area (Å²) in [6, 6.07) is 16.9. The average Bonchev–Trinajstić information content (AvgIpc) is 3.52. The van der Waals surface area contributed by atoms with Crippen LogP contribution in [0.3, 0.4) is 0 Å². The van der Waals surface area contributed by atoms with E-state index < -0.39 is 0 Å². The van der Waals surface area contributed by atoms with Gasteiger partial charge in [0.25, 0.3) is 5.91 Å². The summed E-state index contributed by atoms with van der Waals surface area (Å²) in [5.74, 6) is 1.97. The van der Waals surface area contributed by atoms with Crippen molar-refractivity contribution in [1.82, 2.24) is 15.2 Å². The molecule has 6 rings (SSSR count). The molecule has 1 aromatic heterocycles. The van der Waals surface area contributed by atoms with Gasteiger partial charge in [0.05, 0.1) is 17.7 Å². The Morgan fingerprint density at radius 2 is 1.91 bits per heavy atom. The molecule has 1 aliphatic carbocycles. The molecular weight excluding hydrogens is 400 g/mol. The fourth-order valence-corrected chi connectivity index (χ4v) is 4.73. The zero-order valence-electron chi connectivity index (χ0n) is 18.2. The van der Waals surface area contributed by atoms with Gasteiger partial charge in [0.15, 0.2) is 0 Å². The number of fused-ring (bicyclic) bond motifs is 2. The number of aromatic nitrogens is 1. The van der Waals surface area contributed by atoms with Crippen LogP contribution in [0.2, 0.25) is 0 Å². The van der Waals surface area contributed by atoms with Crippen LogP contribution in [-0.4, -0.2) is 54.6 Å². The highest BCUT2D eigenvalue weighted by Gasteiger charge is 2.26. The van der Waals surface area contributed by atoms with Crippen LogP contribution in [0.5, 0.6) is 5.75 Å². The minimum absolute atomic E-state index is 0.0200. The van der Waals surface area contributed by atoms with Gasteiger partial charge in [-0.1, -0.05) is 30.3 Å². The molecule has 0 atom stereocenters. The molecule has 32 heavy (non-hydrogen) atoms. The molecule has 0 bridgehead atoms. The molecule has 3 aliphatic rings. The highest BCUT2D eigenvalue weighted by Crippen LogP contribution is 2.28. The van der Waals surface area contributed by atoms with Crippen molar-refractivity contribution in [2.75, 3.05) is 37.7 Å². The van der Waals surface area contributed by atoms with E-state index in [-0.39, 0.29) is 5.91 Å². The molecule has 164 valence electrons. The van der Waals surface area contributed by atoms with Gasteiger partial charge in [0.2, 0.25) is 0 Å². The number of amides is 1. The van der Waals surface area contributed by atoms with Gasteiger partial charge in [-0.3, -0.25) is 9.69 Å². The number of hydrogen-bond donors (Lipinski definition) is 1. The van der Waals surface area contributed by atoms with Gasteiger partial charge in [0, 0.05) is 50.6 Å². The number of pyridine rings is 1. The number of nitrogens with one attached hydrogen (secondary N) is 1. The Hall–Kier alpha value is -3.12. The quantitative estimate of drug-likeness (QED) is 0.675. The number of hydrogen-bond acceptors (Lipinski definition) is 5. The van der Waals surface area contributed by atoms with Crippen molar-refractivity contribution in [3.05, 3.63) is 65.2 Å². The van der Waals surface area contributed by atoms with E-state index in [0.29, 0.717) is 6.04 Å². The summed E-state index contributed by atoms with van der Waals surface area (Å²) in [6.07, 6.45) is 3.18. The standard InChI is InChI=1S/C26H28N4O2/c31-26(27-20-6-7-20)22-16-25(28-23-4-2-1-3-21(22)23)30-12-10-29(11-13-30)17-18-5-8-24-19(15-18)9-14-32-24/h1-5,8,15-16,20H,6-7,9-14,17H2,(H,27,31). The van der Waals surface area contributed by atoms with Crippen molar-refractivity contribution in [1.29, 1.82) is 0 Å². The van der Waals surface area contributed by atoms with Crippen molar-refractivity contribution in [2.24, 2.45) is 0 Å². The lowest BCUT2D eigenvalue weighted by atomic mass is 10.1. The Labute approximate surface area is 188 Å². The van der Waals surface area contributed by atoms with Crippen LogP contribution < -0.4 is 15.0 Å². The van der Waals surface area contributed by atoms with E-state index in [1.54, 1.807) is 0 Å². The first-order valence-corrected chi connectivity index (χ1v) is 11.7. The molecular formula is C26H28N4O2. The normalized spacial score (nSPS) is 18.4. The zero-order chi connectivity index (χ0) is 21.5. The van der Waals surface area contributed by atoms with Gasteiger partial charge in [-0.25, -0.2) is 4.98 Å². The molecule has 2 aromatic carbocycles. The number of para-hydroxylation sites is 1. The molecule has 6 nitrogen and oxygen atoms in total. The largest absolute Gasteiger partial charge is 0.493 e. The SMILES string of the molecule is O=C(NC1CC1)c1cc(N2CCN(Cc3ccc4c(c3)CCO4)CC2)nc2ccccc12. The second-order valence-electron chi connectivity index (χ2n) is 9.10. The third kappa shape index (κ3) is 3.91. The number of ether oxygens (including phenoxy) is 1. The second-order valence-corrected chi connectivity index (χ2v) is 9.10. The highest BCUT2D eigenvalue weighted by molar-refractivity contribution is 6.07. The summed E-state index contributed by atoms with van der Waals surface area (Å²) in [5.41, 5.74) is 4.30. The van der Waals surface area contributed by atoms with E-state index in [1.807, 2.05) is 30.3 Å². The summed E-state index contributed by atoms with van der Waals surface area (Å²) in [6.45, 7) is 5.53. The Morgan fingerprint density at radius 1 is 1.06 bits per heavy atom. The molecule has 6 heteroatoms. The summed E-state index contributed by atoms with van der Waals surface area (Å²) >= 11 is 0. The van der Waals surface area contributed by atoms with Gasteiger partial charge in [-0.15, -0.1) is 0 Å². The minimum Gasteiger partial charge on any atom is -0.493 e. The van der Waals surface area contributed by atoms with Crippen LogP contribution in [0.1, 0.15) is 34.3 Å². The molecule has 1 saturated carbocycles. The molecule has 3 heterocycles. The lowest BCUT2D eigenvalue weighted by Crippen LogP contribution is -2.46. The predicted octanol–water partition coefficient (Wildman–Crippen LogP) is 3.38. The van der Waals surface area contributed by atoms with Gasteiger partial charge >= 0.3 is 0 Å². The van der Waals surface area contributed by atoms with Crippen molar-refractivity contribution in [3.8, 4) is 5.75 Å². The van der Waals surface area contributed by atoms with Gasteiger partial charge in [-0.2, -0.15) is 0 Å². The molecule has 0 spiro atoms. The third-order valence-corrected chi connectivity index (χ3v) is 6.72. The summed E-state index contributed by atoms with van der Waals surface area (Å²) in [4.78, 5) is 22.6.